The van der Waals surface area contributed by atoms with Crippen molar-refractivity contribution in [2.45, 2.75) is 57.4 Å². The molecular weight excluding hydrogens is 470 g/mol. The van der Waals surface area contributed by atoms with Crippen LogP contribution in [0.2, 0.25) is 5.02 Å². The standard InChI is InChI=1S/C29H36ClN5O/c1-34(9-2-8-31)22-7-10-35(17-22)26-6-3-23-25(33-26)5-4-24(30)27(23)28(36)32-18-29-14-19-11-20(15-29)13-21(12-19)16-29/h3-6,19-22H,2,7,9-18H2,1H3,(H,32,36)/t19?,20?,21?,22-,29?/m0/s1. The molecule has 36 heavy (non-hydrogen) atoms. The van der Waals surface area contributed by atoms with Crippen LogP contribution in [0.3, 0.4) is 0 Å². The Hall–Kier alpha value is -2.36. The molecule has 7 rings (SSSR count). The molecule has 1 atom stereocenters. The number of fused-ring (bicyclic) bond motifs is 1. The van der Waals surface area contributed by atoms with E-state index in [0.717, 1.165) is 67.1 Å². The number of rotatable bonds is 7. The van der Waals surface area contributed by atoms with E-state index in [0.29, 0.717) is 28.5 Å². The molecule has 1 aromatic carbocycles. The predicted octanol–water partition coefficient (Wildman–Crippen LogP) is 5.26. The van der Waals surface area contributed by atoms with Gasteiger partial charge in [0.05, 0.1) is 22.2 Å². The third-order valence-corrected chi connectivity index (χ3v) is 9.82. The molecule has 1 amide bonds. The number of likely N-dealkylation sites (N-methyl/N-ethyl adjacent to an activating group) is 1. The number of nitriles is 1. The lowest BCUT2D eigenvalue weighted by atomic mass is 9.49. The van der Waals surface area contributed by atoms with Gasteiger partial charge in [0.25, 0.3) is 5.91 Å². The monoisotopic (exact) mass is 505 g/mol. The van der Waals surface area contributed by atoms with Gasteiger partial charge in [-0.3, -0.25) is 4.79 Å². The van der Waals surface area contributed by atoms with Crippen molar-refractivity contribution in [3.63, 3.8) is 0 Å². The lowest BCUT2D eigenvalue weighted by Gasteiger charge is -2.56. The molecule has 2 heterocycles. The smallest absolute Gasteiger partial charge is 0.253 e. The number of hydrogen-bond acceptors (Lipinski definition) is 5. The van der Waals surface area contributed by atoms with Crippen LogP contribution in [-0.2, 0) is 0 Å². The second-order valence-electron chi connectivity index (χ2n) is 12.0. The maximum atomic E-state index is 13.5. The van der Waals surface area contributed by atoms with Gasteiger partial charge in [0, 0.05) is 44.0 Å². The van der Waals surface area contributed by atoms with Crippen LogP contribution in [0.5, 0.6) is 0 Å². The van der Waals surface area contributed by atoms with Gasteiger partial charge in [-0.2, -0.15) is 5.26 Å². The number of anilines is 1. The SMILES string of the molecule is CN(CCC#N)[C@H]1CCN(c2ccc3c(C(=O)NCC45CC6CC(CC(C6)C4)C5)c(Cl)ccc3n2)C1. The van der Waals surface area contributed by atoms with E-state index in [1.807, 2.05) is 24.3 Å². The van der Waals surface area contributed by atoms with Crippen molar-refractivity contribution in [1.29, 1.82) is 5.26 Å². The van der Waals surface area contributed by atoms with Crippen molar-refractivity contribution in [2.75, 3.05) is 38.1 Å². The maximum Gasteiger partial charge on any atom is 0.253 e. The van der Waals surface area contributed by atoms with E-state index in [9.17, 15) is 4.79 Å². The zero-order valence-corrected chi connectivity index (χ0v) is 21.9. The predicted molar refractivity (Wildman–Crippen MR) is 143 cm³/mol. The summed E-state index contributed by atoms with van der Waals surface area (Å²) in [5.74, 6) is 3.46. The first-order valence-electron chi connectivity index (χ1n) is 13.6. The number of halogens is 1. The van der Waals surface area contributed by atoms with Crippen molar-refractivity contribution in [3.8, 4) is 6.07 Å². The zero-order valence-electron chi connectivity index (χ0n) is 21.2. The Morgan fingerprint density at radius 3 is 2.61 bits per heavy atom. The highest BCUT2D eigenvalue weighted by atomic mass is 35.5. The summed E-state index contributed by atoms with van der Waals surface area (Å²) in [5, 5.41) is 13.5. The lowest BCUT2D eigenvalue weighted by Crippen LogP contribution is -2.51. The highest BCUT2D eigenvalue weighted by molar-refractivity contribution is 6.35. The fourth-order valence-electron chi connectivity index (χ4n) is 8.15. The average molecular weight is 506 g/mol. The minimum absolute atomic E-state index is 0.0729. The Morgan fingerprint density at radius 2 is 1.92 bits per heavy atom. The van der Waals surface area contributed by atoms with Crippen molar-refractivity contribution >= 4 is 34.2 Å². The Morgan fingerprint density at radius 1 is 1.19 bits per heavy atom. The van der Waals surface area contributed by atoms with Gasteiger partial charge >= 0.3 is 0 Å². The number of pyridine rings is 1. The molecule has 6 nitrogen and oxygen atoms in total. The maximum absolute atomic E-state index is 13.5. The minimum atomic E-state index is -0.0729. The summed E-state index contributed by atoms with van der Waals surface area (Å²) < 4.78 is 0. The molecule has 4 bridgehead atoms. The Labute approximate surface area is 219 Å². The number of aromatic nitrogens is 1. The average Bonchev–Trinajstić information content (AvgIpc) is 3.35. The molecule has 7 heteroatoms. The molecule has 0 spiro atoms. The van der Waals surface area contributed by atoms with Crippen LogP contribution in [0.15, 0.2) is 24.3 Å². The molecule has 0 radical (unpaired) electrons. The second-order valence-corrected chi connectivity index (χ2v) is 12.4. The molecule has 0 unspecified atom stereocenters. The summed E-state index contributed by atoms with van der Waals surface area (Å²) in [5.41, 5.74) is 1.64. The fourth-order valence-corrected chi connectivity index (χ4v) is 8.41. The first kappa shape index (κ1) is 24.0. The number of nitrogens with one attached hydrogen (secondary N) is 1. The van der Waals surface area contributed by atoms with Crippen LogP contribution >= 0.6 is 11.6 Å². The first-order valence-corrected chi connectivity index (χ1v) is 14.0. The molecule has 4 saturated carbocycles. The molecule has 2 aromatic rings. The van der Waals surface area contributed by atoms with Gasteiger partial charge in [-0.05, 0) is 99.4 Å². The Balaban J connectivity index is 1.17. The van der Waals surface area contributed by atoms with Crippen molar-refractivity contribution in [3.05, 3.63) is 34.9 Å². The van der Waals surface area contributed by atoms with E-state index >= 15 is 0 Å². The van der Waals surface area contributed by atoms with Crippen LogP contribution in [0.1, 0.15) is 61.7 Å². The quantitative estimate of drug-likeness (QED) is 0.555. The summed E-state index contributed by atoms with van der Waals surface area (Å²) in [4.78, 5) is 23.0. The molecule has 1 aliphatic heterocycles. The molecule has 1 saturated heterocycles. The Kier molecular flexibility index (Phi) is 6.34. The second kappa shape index (κ2) is 9.50. The number of nitrogens with zero attached hydrogens (tertiary/aromatic N) is 4. The highest BCUT2D eigenvalue weighted by Crippen LogP contribution is 2.59. The van der Waals surface area contributed by atoms with Gasteiger partial charge in [-0.15, -0.1) is 0 Å². The molecular formula is C29H36ClN5O. The van der Waals surface area contributed by atoms with E-state index in [1.165, 1.54) is 38.5 Å². The molecule has 4 aliphatic carbocycles. The molecule has 1 N–H and O–H groups in total. The Bertz CT molecular complexity index is 1170. The van der Waals surface area contributed by atoms with E-state index in [-0.39, 0.29) is 5.91 Å². The van der Waals surface area contributed by atoms with Crippen LogP contribution in [0, 0.1) is 34.5 Å². The minimum Gasteiger partial charge on any atom is -0.355 e. The third-order valence-electron chi connectivity index (χ3n) is 9.51. The van der Waals surface area contributed by atoms with Crippen LogP contribution in [-0.4, -0.2) is 55.1 Å². The van der Waals surface area contributed by atoms with Crippen molar-refractivity contribution in [2.24, 2.45) is 23.2 Å². The largest absolute Gasteiger partial charge is 0.355 e. The van der Waals surface area contributed by atoms with Crippen LogP contribution in [0.25, 0.3) is 10.9 Å². The summed E-state index contributed by atoms with van der Waals surface area (Å²) in [6.07, 6.45) is 9.65. The third kappa shape index (κ3) is 4.46. The highest BCUT2D eigenvalue weighted by Gasteiger charge is 2.50. The van der Waals surface area contributed by atoms with Crippen molar-refractivity contribution < 1.29 is 4.79 Å². The summed E-state index contributed by atoms with van der Waals surface area (Å²) >= 11 is 6.59. The normalized spacial score (nSPS) is 30.8. The van der Waals surface area contributed by atoms with Gasteiger partial charge in [0.1, 0.15) is 5.82 Å². The van der Waals surface area contributed by atoms with Crippen LogP contribution < -0.4 is 10.2 Å². The van der Waals surface area contributed by atoms with E-state index in [4.69, 9.17) is 21.8 Å². The first-order chi connectivity index (χ1) is 17.4. The molecule has 1 aromatic heterocycles. The number of carbonyl (C=O) groups excluding carboxylic acids is 1. The van der Waals surface area contributed by atoms with E-state index in [1.54, 1.807) is 0 Å². The summed E-state index contributed by atoms with van der Waals surface area (Å²) in [7, 11) is 2.09. The molecule has 5 aliphatic rings. The van der Waals surface area contributed by atoms with E-state index in [2.05, 4.69) is 28.2 Å². The van der Waals surface area contributed by atoms with Gasteiger partial charge in [-0.1, -0.05) is 11.6 Å². The lowest BCUT2D eigenvalue weighted by molar-refractivity contribution is -0.0503. The number of hydrogen-bond donors (Lipinski definition) is 1. The fraction of sp³-hybridized carbons (Fsp3) is 0.621. The van der Waals surface area contributed by atoms with Crippen molar-refractivity contribution in [1.82, 2.24) is 15.2 Å². The van der Waals surface area contributed by atoms with E-state index < -0.39 is 0 Å². The summed E-state index contributed by atoms with van der Waals surface area (Å²) in [6.45, 7) is 3.39. The van der Waals surface area contributed by atoms with Gasteiger partial charge in [-0.25, -0.2) is 4.98 Å². The molecule has 5 fully saturated rings. The number of benzene rings is 1. The number of amides is 1. The van der Waals surface area contributed by atoms with Gasteiger partial charge in [0.2, 0.25) is 0 Å². The van der Waals surface area contributed by atoms with Crippen LogP contribution in [0.4, 0.5) is 5.82 Å². The topological polar surface area (TPSA) is 72.3 Å². The number of carbonyl (C=O) groups is 1. The van der Waals surface area contributed by atoms with Gasteiger partial charge < -0.3 is 15.1 Å². The summed E-state index contributed by atoms with van der Waals surface area (Å²) in [6, 6.07) is 10.4. The molecule has 190 valence electrons. The zero-order chi connectivity index (χ0) is 24.9. The van der Waals surface area contributed by atoms with Gasteiger partial charge in [0.15, 0.2) is 0 Å².